The van der Waals surface area contributed by atoms with Gasteiger partial charge in [-0.3, -0.25) is 13.9 Å². The summed E-state index contributed by atoms with van der Waals surface area (Å²) in [5.74, 6) is 0.762. The minimum atomic E-state index is -2.76. The first-order valence-corrected chi connectivity index (χ1v) is 10.6. The molecule has 0 fully saturated rings. The van der Waals surface area contributed by atoms with Gasteiger partial charge in [-0.05, 0) is 43.7 Å². The van der Waals surface area contributed by atoms with E-state index in [1.165, 1.54) is 0 Å². The summed E-state index contributed by atoms with van der Waals surface area (Å²) in [6.45, 7) is -0.359. The fourth-order valence-electron chi connectivity index (χ4n) is 4.43. The third-order valence-electron chi connectivity index (χ3n) is 6.10. The van der Waals surface area contributed by atoms with Crippen LogP contribution in [0.1, 0.15) is 43.3 Å². The number of hydrogen-bond acceptors (Lipinski definition) is 6. The van der Waals surface area contributed by atoms with Crippen LogP contribution in [0.25, 0.3) is 33.4 Å². The number of benzene rings is 2. The molecular formula is C23H18F2N6O2. The van der Waals surface area contributed by atoms with Gasteiger partial charge in [0.05, 0.1) is 27.9 Å². The van der Waals surface area contributed by atoms with E-state index in [1.807, 2.05) is 0 Å². The molecule has 0 saturated heterocycles. The maximum Gasteiger partial charge on any atom is 0.320 e. The Morgan fingerprint density at radius 3 is 2.76 bits per heavy atom. The van der Waals surface area contributed by atoms with Gasteiger partial charge in [0.2, 0.25) is 0 Å². The molecule has 6 rings (SSSR count). The predicted octanol–water partition coefficient (Wildman–Crippen LogP) is 4.29. The van der Waals surface area contributed by atoms with Gasteiger partial charge in [-0.15, -0.1) is 0 Å². The molecule has 0 aliphatic carbocycles. The normalized spacial score (nSPS) is 14.4. The van der Waals surface area contributed by atoms with E-state index < -0.39 is 12.5 Å². The Hall–Kier alpha value is -3.95. The van der Waals surface area contributed by atoms with Crippen LogP contribution in [0.3, 0.4) is 0 Å². The number of rotatable bonds is 4. The van der Waals surface area contributed by atoms with E-state index in [0.717, 1.165) is 23.2 Å². The quantitative estimate of drug-likeness (QED) is 0.407. The average molecular weight is 448 g/mol. The standard InChI is InChI=1S/C23H18F2N6O2/c1-12(20-27-15-5-2-3-6-17(15)31(20)23(24)25)19-28-21(33-29-19)13-8-9-14-16(11-13)26-18-7-4-10-30(18)22(14)32/h2-3,5-6,8-9,11-12,23H,4,7,10H2,1H3. The van der Waals surface area contributed by atoms with Crippen LogP contribution in [0.5, 0.6) is 0 Å². The van der Waals surface area contributed by atoms with Crippen LogP contribution in [-0.2, 0) is 13.0 Å². The number of hydrogen-bond donors (Lipinski definition) is 0. The molecule has 166 valence electrons. The number of imidazole rings is 1. The van der Waals surface area contributed by atoms with Gasteiger partial charge in [0.25, 0.3) is 11.4 Å². The minimum absolute atomic E-state index is 0.0511. The van der Waals surface area contributed by atoms with Crippen molar-refractivity contribution in [1.82, 2.24) is 29.2 Å². The average Bonchev–Trinajstić information content (AvgIpc) is 3.56. The largest absolute Gasteiger partial charge is 0.334 e. The molecule has 2 aromatic carbocycles. The lowest BCUT2D eigenvalue weighted by Gasteiger charge is -2.11. The van der Waals surface area contributed by atoms with E-state index in [2.05, 4.69) is 20.1 Å². The minimum Gasteiger partial charge on any atom is -0.334 e. The van der Waals surface area contributed by atoms with E-state index in [4.69, 9.17) is 4.52 Å². The van der Waals surface area contributed by atoms with Crippen LogP contribution >= 0.6 is 0 Å². The fourth-order valence-corrected chi connectivity index (χ4v) is 4.43. The SMILES string of the molecule is CC(c1noc(-c2ccc3c(=O)n4c(nc3c2)CCC4)n1)c1nc2ccccc2n1C(F)F. The lowest BCUT2D eigenvalue weighted by molar-refractivity contribution is 0.0708. The lowest BCUT2D eigenvalue weighted by Crippen LogP contribution is -2.20. The summed E-state index contributed by atoms with van der Waals surface area (Å²) < 4.78 is 35.7. The molecular weight excluding hydrogens is 430 g/mol. The first-order chi connectivity index (χ1) is 16.0. The van der Waals surface area contributed by atoms with Gasteiger partial charge in [0.15, 0.2) is 5.82 Å². The second-order valence-corrected chi connectivity index (χ2v) is 8.11. The van der Waals surface area contributed by atoms with Gasteiger partial charge < -0.3 is 4.52 Å². The Kier molecular flexibility index (Phi) is 4.36. The molecule has 5 aromatic rings. The number of nitrogens with zero attached hydrogens (tertiary/aromatic N) is 6. The zero-order chi connectivity index (χ0) is 22.7. The number of halogens is 2. The van der Waals surface area contributed by atoms with E-state index >= 15 is 0 Å². The van der Waals surface area contributed by atoms with Crippen molar-refractivity contribution in [1.29, 1.82) is 0 Å². The van der Waals surface area contributed by atoms with Gasteiger partial charge in [0.1, 0.15) is 11.6 Å². The molecule has 8 nitrogen and oxygen atoms in total. The van der Waals surface area contributed by atoms with Crippen molar-refractivity contribution in [3.63, 3.8) is 0 Å². The van der Waals surface area contributed by atoms with Crippen LogP contribution in [-0.4, -0.2) is 29.2 Å². The molecule has 0 spiro atoms. The summed E-state index contributed by atoms with van der Waals surface area (Å²) in [5.41, 5.74) is 1.94. The van der Waals surface area contributed by atoms with Crippen molar-refractivity contribution in [2.75, 3.05) is 0 Å². The molecule has 0 amide bonds. The Balaban J connectivity index is 1.40. The van der Waals surface area contributed by atoms with Gasteiger partial charge in [-0.25, -0.2) is 9.97 Å². The van der Waals surface area contributed by atoms with Gasteiger partial charge in [-0.2, -0.15) is 13.8 Å². The highest BCUT2D eigenvalue weighted by Gasteiger charge is 2.26. The molecule has 4 heterocycles. The number of alkyl halides is 2. The molecule has 1 unspecified atom stereocenters. The zero-order valence-corrected chi connectivity index (χ0v) is 17.6. The Morgan fingerprint density at radius 1 is 1.06 bits per heavy atom. The van der Waals surface area contributed by atoms with Crippen molar-refractivity contribution in [2.24, 2.45) is 0 Å². The van der Waals surface area contributed by atoms with Crippen LogP contribution in [0, 0.1) is 0 Å². The second-order valence-electron chi connectivity index (χ2n) is 8.11. The smallest absolute Gasteiger partial charge is 0.320 e. The van der Waals surface area contributed by atoms with E-state index in [0.29, 0.717) is 34.0 Å². The van der Waals surface area contributed by atoms with Crippen molar-refractivity contribution < 1.29 is 13.3 Å². The molecule has 1 aliphatic rings. The third-order valence-corrected chi connectivity index (χ3v) is 6.10. The van der Waals surface area contributed by atoms with Crippen molar-refractivity contribution in [3.05, 3.63) is 70.3 Å². The van der Waals surface area contributed by atoms with Gasteiger partial charge in [0, 0.05) is 18.5 Å². The van der Waals surface area contributed by atoms with E-state index in [9.17, 15) is 13.6 Å². The Labute approximate surface area is 185 Å². The van der Waals surface area contributed by atoms with Crippen molar-refractivity contribution >= 4 is 21.9 Å². The van der Waals surface area contributed by atoms with Gasteiger partial charge >= 0.3 is 6.55 Å². The highest BCUT2D eigenvalue weighted by molar-refractivity contribution is 5.82. The second kappa shape index (κ2) is 7.29. The molecule has 1 aliphatic heterocycles. The summed E-state index contributed by atoms with van der Waals surface area (Å²) in [4.78, 5) is 26.1. The first-order valence-electron chi connectivity index (χ1n) is 10.6. The number of aryl methyl sites for hydroxylation is 1. The van der Waals surface area contributed by atoms with Crippen molar-refractivity contribution in [3.8, 4) is 11.5 Å². The number of fused-ring (bicyclic) bond motifs is 3. The van der Waals surface area contributed by atoms with Crippen LogP contribution in [0.2, 0.25) is 0 Å². The first kappa shape index (κ1) is 19.7. The highest BCUT2D eigenvalue weighted by Crippen LogP contribution is 2.31. The number of aromatic nitrogens is 6. The summed E-state index contributed by atoms with van der Waals surface area (Å²) in [6.07, 6.45) is 1.67. The zero-order valence-electron chi connectivity index (χ0n) is 17.6. The number of para-hydroxylation sites is 2. The van der Waals surface area contributed by atoms with E-state index in [1.54, 1.807) is 54.0 Å². The summed E-state index contributed by atoms with van der Waals surface area (Å²) in [7, 11) is 0. The summed E-state index contributed by atoms with van der Waals surface area (Å²) in [6, 6.07) is 11.9. The molecule has 0 bridgehead atoms. The molecule has 0 N–H and O–H groups in total. The Morgan fingerprint density at radius 2 is 1.91 bits per heavy atom. The summed E-state index contributed by atoms with van der Waals surface area (Å²) in [5, 5.41) is 4.56. The molecule has 33 heavy (non-hydrogen) atoms. The monoisotopic (exact) mass is 448 g/mol. The summed E-state index contributed by atoms with van der Waals surface area (Å²) >= 11 is 0. The van der Waals surface area contributed by atoms with Gasteiger partial charge in [-0.1, -0.05) is 17.3 Å². The van der Waals surface area contributed by atoms with Crippen LogP contribution < -0.4 is 5.56 Å². The maximum absolute atomic E-state index is 13.8. The molecule has 3 aromatic heterocycles. The predicted molar refractivity (Wildman–Crippen MR) is 116 cm³/mol. The van der Waals surface area contributed by atoms with Crippen molar-refractivity contribution in [2.45, 2.75) is 38.8 Å². The molecule has 0 saturated carbocycles. The Bertz CT molecular complexity index is 1590. The third kappa shape index (κ3) is 3.05. The molecule has 0 radical (unpaired) electrons. The molecule has 10 heteroatoms. The fraction of sp³-hybridized carbons (Fsp3) is 0.261. The maximum atomic E-state index is 13.8. The molecule has 1 atom stereocenters. The highest BCUT2D eigenvalue weighted by atomic mass is 19.3. The van der Waals surface area contributed by atoms with Crippen LogP contribution in [0.15, 0.2) is 51.8 Å². The van der Waals surface area contributed by atoms with Crippen LogP contribution in [0.4, 0.5) is 8.78 Å². The van der Waals surface area contributed by atoms with E-state index in [-0.39, 0.29) is 23.1 Å². The topological polar surface area (TPSA) is 91.6 Å². The lowest BCUT2D eigenvalue weighted by atomic mass is 10.1.